The topological polar surface area (TPSA) is 29.9 Å². The van der Waals surface area contributed by atoms with Crippen molar-refractivity contribution < 1.29 is 13.2 Å². The van der Waals surface area contributed by atoms with Gasteiger partial charge in [-0.15, -0.1) is 0 Å². The van der Waals surface area contributed by atoms with E-state index in [1.165, 1.54) is 10.7 Å². The maximum Gasteiger partial charge on any atom is 0.416 e. The third kappa shape index (κ3) is 2.95. The number of aromatic nitrogens is 2. The van der Waals surface area contributed by atoms with Crippen molar-refractivity contribution in [3.63, 3.8) is 0 Å². The summed E-state index contributed by atoms with van der Waals surface area (Å²) in [5.41, 5.74) is 1.03. The fourth-order valence-electron chi connectivity index (χ4n) is 2.39. The van der Waals surface area contributed by atoms with Crippen LogP contribution >= 0.6 is 0 Å². The highest BCUT2D eigenvalue weighted by Gasteiger charge is 2.33. The average Bonchev–Trinajstić information content (AvgIpc) is 3.16. The number of hydrogen-bond donors (Lipinski definition) is 1. The van der Waals surface area contributed by atoms with Crippen molar-refractivity contribution in [2.45, 2.75) is 31.5 Å². The van der Waals surface area contributed by atoms with Crippen molar-refractivity contribution in [3.8, 4) is 5.69 Å². The van der Waals surface area contributed by atoms with Gasteiger partial charge in [-0.25, -0.2) is 4.68 Å². The van der Waals surface area contributed by atoms with Gasteiger partial charge in [0.2, 0.25) is 0 Å². The van der Waals surface area contributed by atoms with Gasteiger partial charge in [-0.05, 0) is 43.7 Å². The first kappa shape index (κ1) is 14.1. The molecule has 21 heavy (non-hydrogen) atoms. The van der Waals surface area contributed by atoms with E-state index in [0.717, 1.165) is 24.6 Å². The molecule has 0 spiro atoms. The molecule has 3 nitrogen and oxygen atoms in total. The van der Waals surface area contributed by atoms with Crippen LogP contribution in [0.1, 0.15) is 35.6 Å². The summed E-state index contributed by atoms with van der Waals surface area (Å²) in [6.45, 7) is 0.182. The first-order chi connectivity index (χ1) is 9.99. The molecule has 2 aromatic rings. The van der Waals surface area contributed by atoms with E-state index in [1.54, 1.807) is 19.3 Å². The molecule has 0 unspecified atom stereocenters. The number of hydrogen-bond acceptors (Lipinski definition) is 2. The number of alkyl halides is 3. The SMILES string of the molecule is CNCc1ccc(-n2ccc(C3CC3)n2)cc1C(F)(F)F. The lowest BCUT2D eigenvalue weighted by molar-refractivity contribution is -0.138. The number of halogens is 3. The second kappa shape index (κ2) is 5.18. The molecular formula is C15H16F3N3. The van der Waals surface area contributed by atoms with Crippen LogP contribution in [0.2, 0.25) is 0 Å². The van der Waals surface area contributed by atoms with E-state index in [-0.39, 0.29) is 12.1 Å². The molecule has 1 N–H and O–H groups in total. The van der Waals surface area contributed by atoms with E-state index in [0.29, 0.717) is 11.6 Å². The molecule has 1 aliphatic rings. The lowest BCUT2D eigenvalue weighted by atomic mass is 10.1. The van der Waals surface area contributed by atoms with Crippen LogP contribution in [-0.2, 0) is 12.7 Å². The van der Waals surface area contributed by atoms with E-state index < -0.39 is 11.7 Å². The summed E-state index contributed by atoms with van der Waals surface area (Å²) in [4.78, 5) is 0. The first-order valence-corrected chi connectivity index (χ1v) is 6.89. The van der Waals surface area contributed by atoms with Crippen LogP contribution in [0.25, 0.3) is 5.69 Å². The molecule has 1 aromatic heterocycles. The predicted molar refractivity (Wildman–Crippen MR) is 73.3 cm³/mol. The summed E-state index contributed by atoms with van der Waals surface area (Å²) in [5.74, 6) is 0.483. The Labute approximate surface area is 120 Å². The molecule has 0 saturated heterocycles. The maximum absolute atomic E-state index is 13.2. The summed E-state index contributed by atoms with van der Waals surface area (Å²) in [6.07, 6.45) is -0.409. The monoisotopic (exact) mass is 295 g/mol. The zero-order valence-corrected chi connectivity index (χ0v) is 11.6. The maximum atomic E-state index is 13.2. The first-order valence-electron chi connectivity index (χ1n) is 6.89. The fraction of sp³-hybridized carbons (Fsp3) is 0.400. The van der Waals surface area contributed by atoms with Gasteiger partial charge in [0.25, 0.3) is 0 Å². The lowest BCUT2D eigenvalue weighted by Gasteiger charge is -2.14. The van der Waals surface area contributed by atoms with Gasteiger partial charge in [0.05, 0.1) is 16.9 Å². The van der Waals surface area contributed by atoms with Gasteiger partial charge in [-0.2, -0.15) is 18.3 Å². The third-order valence-corrected chi connectivity index (χ3v) is 3.64. The van der Waals surface area contributed by atoms with Gasteiger partial charge in [0.1, 0.15) is 0 Å². The van der Waals surface area contributed by atoms with E-state index >= 15 is 0 Å². The summed E-state index contributed by atoms with van der Waals surface area (Å²) >= 11 is 0. The van der Waals surface area contributed by atoms with Crippen molar-refractivity contribution in [2.24, 2.45) is 0 Å². The highest BCUT2D eigenvalue weighted by molar-refractivity contribution is 5.42. The van der Waals surface area contributed by atoms with Crippen molar-refractivity contribution in [1.29, 1.82) is 0 Å². The zero-order chi connectivity index (χ0) is 15.0. The Hall–Kier alpha value is -1.82. The van der Waals surface area contributed by atoms with Crippen LogP contribution in [-0.4, -0.2) is 16.8 Å². The van der Waals surface area contributed by atoms with Gasteiger partial charge in [-0.1, -0.05) is 6.07 Å². The van der Waals surface area contributed by atoms with E-state index in [4.69, 9.17) is 0 Å². The Morgan fingerprint density at radius 2 is 2.05 bits per heavy atom. The smallest absolute Gasteiger partial charge is 0.316 e. The Morgan fingerprint density at radius 1 is 1.29 bits per heavy atom. The van der Waals surface area contributed by atoms with Crippen LogP contribution in [0.4, 0.5) is 13.2 Å². The Kier molecular flexibility index (Phi) is 3.49. The average molecular weight is 295 g/mol. The highest BCUT2D eigenvalue weighted by atomic mass is 19.4. The normalized spacial score (nSPS) is 15.4. The molecule has 1 aliphatic carbocycles. The van der Waals surface area contributed by atoms with Gasteiger partial charge in [0.15, 0.2) is 0 Å². The second-order valence-corrected chi connectivity index (χ2v) is 5.33. The summed E-state index contributed by atoms with van der Waals surface area (Å²) < 4.78 is 41.0. The largest absolute Gasteiger partial charge is 0.416 e. The molecule has 0 radical (unpaired) electrons. The lowest BCUT2D eigenvalue weighted by Crippen LogP contribution is -2.15. The molecule has 112 valence electrons. The number of nitrogens with zero attached hydrogens (tertiary/aromatic N) is 2. The second-order valence-electron chi connectivity index (χ2n) is 5.33. The predicted octanol–water partition coefficient (Wildman–Crippen LogP) is 3.49. The van der Waals surface area contributed by atoms with Gasteiger partial charge in [0, 0.05) is 18.7 Å². The van der Waals surface area contributed by atoms with Crippen LogP contribution < -0.4 is 5.32 Å². The molecule has 1 saturated carbocycles. The quantitative estimate of drug-likeness (QED) is 0.935. The van der Waals surface area contributed by atoms with Crippen molar-refractivity contribution in [3.05, 3.63) is 47.3 Å². The summed E-state index contributed by atoms with van der Waals surface area (Å²) in [5, 5.41) is 7.14. The van der Waals surface area contributed by atoms with Crippen LogP contribution in [0.5, 0.6) is 0 Å². The fourth-order valence-corrected chi connectivity index (χ4v) is 2.39. The Bertz CT molecular complexity index is 642. The van der Waals surface area contributed by atoms with Crippen LogP contribution in [0.15, 0.2) is 30.5 Å². The minimum Gasteiger partial charge on any atom is -0.316 e. The number of benzene rings is 1. The van der Waals surface area contributed by atoms with Crippen molar-refractivity contribution in [1.82, 2.24) is 15.1 Å². The zero-order valence-electron chi connectivity index (χ0n) is 11.6. The molecule has 6 heteroatoms. The van der Waals surface area contributed by atoms with Gasteiger partial charge < -0.3 is 5.32 Å². The van der Waals surface area contributed by atoms with Crippen LogP contribution in [0, 0.1) is 0 Å². The van der Waals surface area contributed by atoms with Gasteiger partial charge >= 0.3 is 6.18 Å². The summed E-state index contributed by atoms with van der Waals surface area (Å²) in [6, 6.07) is 6.22. The Balaban J connectivity index is 1.98. The molecule has 3 rings (SSSR count). The van der Waals surface area contributed by atoms with Crippen molar-refractivity contribution >= 4 is 0 Å². The molecule has 1 heterocycles. The van der Waals surface area contributed by atoms with E-state index in [2.05, 4.69) is 10.4 Å². The molecule has 0 amide bonds. The third-order valence-electron chi connectivity index (χ3n) is 3.64. The molecule has 0 bridgehead atoms. The highest BCUT2D eigenvalue weighted by Crippen LogP contribution is 2.39. The molecule has 1 fully saturated rings. The minimum atomic E-state index is -4.37. The minimum absolute atomic E-state index is 0.182. The molecule has 1 aromatic carbocycles. The Morgan fingerprint density at radius 3 is 2.67 bits per heavy atom. The number of nitrogens with one attached hydrogen (secondary N) is 1. The molecule has 0 aliphatic heterocycles. The standard InChI is InChI=1S/C15H16F3N3/c1-19-9-11-4-5-12(8-13(11)15(16,17)18)21-7-6-14(20-21)10-2-3-10/h4-8,10,19H,2-3,9H2,1H3. The van der Waals surface area contributed by atoms with E-state index in [9.17, 15) is 13.2 Å². The van der Waals surface area contributed by atoms with E-state index in [1.807, 2.05) is 6.07 Å². The van der Waals surface area contributed by atoms with Crippen LogP contribution in [0.3, 0.4) is 0 Å². The van der Waals surface area contributed by atoms with Gasteiger partial charge in [-0.3, -0.25) is 0 Å². The summed E-state index contributed by atoms with van der Waals surface area (Å²) in [7, 11) is 1.63. The van der Waals surface area contributed by atoms with Crippen molar-refractivity contribution in [2.75, 3.05) is 7.05 Å². The molecule has 0 atom stereocenters. The molecular weight excluding hydrogens is 279 g/mol. The number of rotatable bonds is 4.